The molecule has 1 unspecified atom stereocenters. The van der Waals surface area contributed by atoms with Gasteiger partial charge in [0.25, 0.3) is 0 Å². The summed E-state index contributed by atoms with van der Waals surface area (Å²) in [5.41, 5.74) is 2.38. The number of carboxylic acids is 1. The topological polar surface area (TPSA) is 104 Å². The number of ketones is 1. The lowest BCUT2D eigenvalue weighted by atomic mass is 9.99. The lowest BCUT2D eigenvalue weighted by molar-refractivity contribution is -0.149. The van der Waals surface area contributed by atoms with E-state index in [2.05, 4.69) is 5.32 Å². The minimum Gasteiger partial charge on any atom is -0.480 e. The molecule has 1 aromatic rings. The third-order valence-corrected chi connectivity index (χ3v) is 4.13. The van der Waals surface area contributed by atoms with Crippen LogP contribution in [0.4, 0.5) is 0 Å². The Balaban J connectivity index is 2.75. The first kappa shape index (κ1) is 21.3. The van der Waals surface area contributed by atoms with Crippen molar-refractivity contribution in [2.45, 2.75) is 46.6 Å². The maximum Gasteiger partial charge on any atom is 0.326 e. The second kappa shape index (κ2) is 9.70. The molecule has 0 radical (unpaired) electrons. The first-order chi connectivity index (χ1) is 12.1. The quantitative estimate of drug-likeness (QED) is 0.651. The molecule has 0 aliphatic carbocycles. The van der Waals surface area contributed by atoms with Crippen molar-refractivity contribution in [2.24, 2.45) is 0 Å². The number of aliphatic carboxylic acids is 1. The smallest absolute Gasteiger partial charge is 0.326 e. The highest BCUT2D eigenvalue weighted by Gasteiger charge is 2.25. The van der Waals surface area contributed by atoms with Gasteiger partial charge in [0.15, 0.2) is 5.78 Å². The maximum atomic E-state index is 12.5. The van der Waals surface area contributed by atoms with Crippen LogP contribution in [-0.4, -0.2) is 52.7 Å². The van der Waals surface area contributed by atoms with E-state index in [-0.39, 0.29) is 37.6 Å². The normalized spacial score (nSPS) is 11.5. The van der Waals surface area contributed by atoms with Crippen LogP contribution in [0.1, 0.15) is 48.2 Å². The number of hydrogen-bond donors (Lipinski definition) is 2. The number of hydrogen-bond acceptors (Lipinski definition) is 4. The summed E-state index contributed by atoms with van der Waals surface area (Å²) in [6.45, 7) is 6.70. The average Bonchev–Trinajstić information content (AvgIpc) is 2.57. The molecule has 7 nitrogen and oxygen atoms in total. The van der Waals surface area contributed by atoms with Crippen molar-refractivity contribution < 1.29 is 24.3 Å². The Morgan fingerprint density at radius 3 is 2.38 bits per heavy atom. The van der Waals surface area contributed by atoms with Crippen molar-refractivity contribution in [3.05, 3.63) is 34.9 Å². The minimum absolute atomic E-state index is 0.00605. The average molecular weight is 362 g/mol. The monoisotopic (exact) mass is 362 g/mol. The number of benzene rings is 1. The van der Waals surface area contributed by atoms with Crippen molar-refractivity contribution in [1.82, 2.24) is 10.2 Å². The molecule has 26 heavy (non-hydrogen) atoms. The molecule has 0 aliphatic heterocycles. The highest BCUT2D eigenvalue weighted by molar-refractivity contribution is 5.99. The number of nitrogens with zero attached hydrogens (tertiary/aromatic N) is 1. The molecule has 0 bridgehead atoms. The van der Waals surface area contributed by atoms with Gasteiger partial charge in [-0.15, -0.1) is 0 Å². The van der Waals surface area contributed by atoms with Crippen LogP contribution in [0.15, 0.2) is 18.2 Å². The van der Waals surface area contributed by atoms with E-state index in [4.69, 9.17) is 0 Å². The van der Waals surface area contributed by atoms with Gasteiger partial charge in [0.05, 0.1) is 0 Å². The lowest BCUT2D eigenvalue weighted by Gasteiger charge is -2.26. The zero-order valence-electron chi connectivity index (χ0n) is 15.7. The maximum absolute atomic E-state index is 12.5. The van der Waals surface area contributed by atoms with Crippen molar-refractivity contribution in [3.63, 3.8) is 0 Å². The van der Waals surface area contributed by atoms with Gasteiger partial charge in [0.1, 0.15) is 6.04 Å². The fourth-order valence-corrected chi connectivity index (χ4v) is 2.56. The first-order valence-corrected chi connectivity index (χ1v) is 8.50. The second-order valence-electron chi connectivity index (χ2n) is 6.33. The molecule has 0 saturated heterocycles. The molecule has 0 aromatic heterocycles. The van der Waals surface area contributed by atoms with Gasteiger partial charge in [-0.05, 0) is 32.4 Å². The lowest BCUT2D eigenvalue weighted by Crippen LogP contribution is -2.46. The second-order valence-corrected chi connectivity index (χ2v) is 6.33. The van der Waals surface area contributed by atoms with E-state index in [9.17, 15) is 24.3 Å². The summed E-state index contributed by atoms with van der Waals surface area (Å²) in [7, 11) is 0. The number of rotatable bonds is 9. The van der Waals surface area contributed by atoms with Crippen LogP contribution in [-0.2, 0) is 14.4 Å². The number of Topliss-reactive ketones (excluding diaryl/α,β-unsaturated/α-hetero) is 1. The zero-order valence-corrected chi connectivity index (χ0v) is 15.7. The van der Waals surface area contributed by atoms with Crippen LogP contribution in [0, 0.1) is 13.8 Å². The predicted octanol–water partition coefficient (Wildman–Crippen LogP) is 1.70. The largest absolute Gasteiger partial charge is 0.480 e. The summed E-state index contributed by atoms with van der Waals surface area (Å²) in [6.07, 6.45) is -0.0734. The molecule has 0 fully saturated rings. The summed E-state index contributed by atoms with van der Waals surface area (Å²) < 4.78 is 0. The summed E-state index contributed by atoms with van der Waals surface area (Å²) in [6, 6.07) is 4.52. The number of carbonyl (C=O) groups excluding carboxylic acids is 3. The van der Waals surface area contributed by atoms with Crippen molar-refractivity contribution in [2.75, 3.05) is 13.1 Å². The van der Waals surface area contributed by atoms with E-state index in [0.29, 0.717) is 5.56 Å². The molecule has 1 rings (SSSR count). The Morgan fingerprint density at radius 2 is 1.81 bits per heavy atom. The van der Waals surface area contributed by atoms with Gasteiger partial charge in [-0.2, -0.15) is 0 Å². The van der Waals surface area contributed by atoms with Gasteiger partial charge in [-0.25, -0.2) is 4.79 Å². The first-order valence-electron chi connectivity index (χ1n) is 8.50. The summed E-state index contributed by atoms with van der Waals surface area (Å²) in [5.74, 6) is -1.97. The van der Waals surface area contributed by atoms with Crippen LogP contribution in [0.2, 0.25) is 0 Å². The van der Waals surface area contributed by atoms with Gasteiger partial charge < -0.3 is 15.3 Å². The number of carboxylic acid groups (broad SMARTS) is 1. The van der Waals surface area contributed by atoms with Crippen molar-refractivity contribution >= 4 is 23.6 Å². The number of aryl methyl sites for hydroxylation is 2. The van der Waals surface area contributed by atoms with Crippen molar-refractivity contribution in [1.29, 1.82) is 0 Å². The molecule has 0 spiro atoms. The fourth-order valence-electron chi connectivity index (χ4n) is 2.56. The summed E-state index contributed by atoms with van der Waals surface area (Å²) >= 11 is 0. The number of carbonyl (C=O) groups is 4. The molecule has 1 aromatic carbocycles. The molecule has 0 heterocycles. The minimum atomic E-state index is -1.14. The third-order valence-electron chi connectivity index (χ3n) is 4.13. The standard InChI is InChI=1S/C19H26N2O5/c1-12-5-6-13(2)16(11-12)17(23)7-8-18(24)21(14(3)19(25)26)10-9-20-15(4)22/h5-6,11,14H,7-10H2,1-4H3,(H,20,22)(H,25,26). The van der Waals surface area contributed by atoms with Crippen LogP contribution in [0.3, 0.4) is 0 Å². The molecule has 1 atom stereocenters. The van der Waals surface area contributed by atoms with Crippen molar-refractivity contribution in [3.8, 4) is 0 Å². The van der Waals surface area contributed by atoms with Gasteiger partial charge in [-0.3, -0.25) is 14.4 Å². The van der Waals surface area contributed by atoms with E-state index in [1.165, 1.54) is 18.7 Å². The van der Waals surface area contributed by atoms with E-state index in [1.54, 1.807) is 6.07 Å². The third kappa shape index (κ3) is 6.31. The van der Waals surface area contributed by atoms with Gasteiger partial charge in [0.2, 0.25) is 11.8 Å². The van der Waals surface area contributed by atoms with Crippen LogP contribution in [0.25, 0.3) is 0 Å². The summed E-state index contributed by atoms with van der Waals surface area (Å²) in [4.78, 5) is 48.2. The van der Waals surface area contributed by atoms with Gasteiger partial charge >= 0.3 is 5.97 Å². The number of amides is 2. The van der Waals surface area contributed by atoms with Gasteiger partial charge in [0, 0.05) is 38.4 Å². The molecule has 0 saturated carbocycles. The van der Waals surface area contributed by atoms with E-state index in [1.807, 2.05) is 26.0 Å². The Hall–Kier alpha value is -2.70. The highest BCUT2D eigenvalue weighted by Crippen LogP contribution is 2.15. The molecular formula is C19H26N2O5. The zero-order chi connectivity index (χ0) is 19.9. The Bertz CT molecular complexity index is 699. The summed E-state index contributed by atoms with van der Waals surface area (Å²) in [5, 5.41) is 11.7. The molecule has 142 valence electrons. The highest BCUT2D eigenvalue weighted by atomic mass is 16.4. The van der Waals surface area contributed by atoms with E-state index in [0.717, 1.165) is 11.1 Å². The van der Waals surface area contributed by atoms with E-state index >= 15 is 0 Å². The Kier molecular flexibility index (Phi) is 7.96. The molecule has 2 amide bonds. The molecule has 7 heteroatoms. The van der Waals surface area contributed by atoms with Crippen LogP contribution >= 0.6 is 0 Å². The predicted molar refractivity (Wildman–Crippen MR) is 97.0 cm³/mol. The SMILES string of the molecule is CC(=O)NCCN(C(=O)CCC(=O)c1cc(C)ccc1C)C(C)C(=O)O. The molecule has 2 N–H and O–H groups in total. The van der Waals surface area contributed by atoms with Crippen LogP contribution < -0.4 is 5.32 Å². The Morgan fingerprint density at radius 1 is 1.15 bits per heavy atom. The van der Waals surface area contributed by atoms with Gasteiger partial charge in [-0.1, -0.05) is 17.7 Å². The van der Waals surface area contributed by atoms with Crippen LogP contribution in [0.5, 0.6) is 0 Å². The Labute approximate surface area is 153 Å². The molecule has 0 aliphatic rings. The number of nitrogens with one attached hydrogen (secondary N) is 1. The molecular weight excluding hydrogens is 336 g/mol. The fraction of sp³-hybridized carbons (Fsp3) is 0.474. The van der Waals surface area contributed by atoms with E-state index < -0.39 is 17.9 Å².